The number of hydrogen-bond acceptors (Lipinski definition) is 3. The minimum atomic E-state index is -0.810. The van der Waals surface area contributed by atoms with Gasteiger partial charge in [-0.2, -0.15) is 5.10 Å². The van der Waals surface area contributed by atoms with Gasteiger partial charge in [-0.15, -0.1) is 0 Å². The molecule has 0 aliphatic heterocycles. The zero-order valence-electron chi connectivity index (χ0n) is 12.4. The molecule has 0 unspecified atom stereocenters. The van der Waals surface area contributed by atoms with Crippen molar-refractivity contribution < 1.29 is 14.7 Å². The van der Waals surface area contributed by atoms with Crippen LogP contribution in [0.25, 0.3) is 0 Å². The van der Waals surface area contributed by atoms with E-state index >= 15 is 0 Å². The SMILES string of the molecule is Cc1[nH]ncc1CNC(=O)CC1(CC(=O)O)CCCCC1. The van der Waals surface area contributed by atoms with Crippen LogP contribution in [0.15, 0.2) is 6.20 Å². The first-order valence-electron chi connectivity index (χ1n) is 7.48. The minimum absolute atomic E-state index is 0.0706. The molecule has 1 amide bonds. The Labute approximate surface area is 124 Å². The van der Waals surface area contributed by atoms with E-state index in [0.29, 0.717) is 13.0 Å². The number of nitrogens with one attached hydrogen (secondary N) is 2. The first kappa shape index (κ1) is 15.5. The Bertz CT molecular complexity index is 504. The van der Waals surface area contributed by atoms with Crippen LogP contribution in [0.1, 0.15) is 56.2 Å². The summed E-state index contributed by atoms with van der Waals surface area (Å²) in [6.07, 6.45) is 6.92. The Morgan fingerprint density at radius 1 is 1.33 bits per heavy atom. The second kappa shape index (κ2) is 6.74. The van der Waals surface area contributed by atoms with Gasteiger partial charge in [0.05, 0.1) is 12.6 Å². The van der Waals surface area contributed by atoms with Crippen LogP contribution in [0.2, 0.25) is 0 Å². The Hall–Kier alpha value is -1.85. The van der Waals surface area contributed by atoms with Gasteiger partial charge in [0.25, 0.3) is 0 Å². The molecular formula is C15H23N3O3. The number of aromatic nitrogens is 2. The lowest BCUT2D eigenvalue weighted by Crippen LogP contribution is -2.35. The monoisotopic (exact) mass is 293 g/mol. The van der Waals surface area contributed by atoms with Gasteiger partial charge in [0.1, 0.15) is 0 Å². The molecule has 3 N–H and O–H groups in total. The molecule has 2 rings (SSSR count). The van der Waals surface area contributed by atoms with E-state index in [1.165, 1.54) is 0 Å². The highest BCUT2D eigenvalue weighted by molar-refractivity contribution is 5.78. The lowest BCUT2D eigenvalue weighted by atomic mass is 9.69. The molecule has 1 aromatic rings. The maximum atomic E-state index is 12.2. The molecular weight excluding hydrogens is 270 g/mol. The first-order valence-corrected chi connectivity index (χ1v) is 7.48. The number of rotatable bonds is 6. The van der Waals surface area contributed by atoms with Gasteiger partial charge in [0.15, 0.2) is 0 Å². The van der Waals surface area contributed by atoms with Crippen molar-refractivity contribution in [2.75, 3.05) is 0 Å². The summed E-state index contributed by atoms with van der Waals surface area (Å²) < 4.78 is 0. The summed E-state index contributed by atoms with van der Waals surface area (Å²) >= 11 is 0. The lowest BCUT2D eigenvalue weighted by molar-refractivity contribution is -0.141. The third-order valence-corrected chi connectivity index (χ3v) is 4.39. The lowest BCUT2D eigenvalue weighted by Gasteiger charge is -2.35. The number of carbonyl (C=O) groups excluding carboxylic acids is 1. The number of carboxylic acids is 1. The number of nitrogens with zero attached hydrogens (tertiary/aromatic N) is 1. The zero-order valence-corrected chi connectivity index (χ0v) is 12.4. The van der Waals surface area contributed by atoms with Crippen molar-refractivity contribution in [3.05, 3.63) is 17.5 Å². The number of carbonyl (C=O) groups is 2. The summed E-state index contributed by atoms with van der Waals surface area (Å²) in [5.74, 6) is -0.880. The first-order chi connectivity index (χ1) is 10.0. The predicted octanol–water partition coefficient (Wildman–Crippen LogP) is 2.15. The zero-order chi connectivity index (χ0) is 15.3. The maximum absolute atomic E-state index is 12.2. The Balaban J connectivity index is 1.91. The number of carboxylic acid groups (broad SMARTS) is 1. The summed E-state index contributed by atoms with van der Waals surface area (Å²) in [4.78, 5) is 23.3. The Kier molecular flexibility index (Phi) is 4.98. The Morgan fingerprint density at radius 2 is 2.05 bits per heavy atom. The molecule has 116 valence electrons. The van der Waals surface area contributed by atoms with Crippen molar-refractivity contribution in [1.29, 1.82) is 0 Å². The molecule has 6 nitrogen and oxygen atoms in total. The van der Waals surface area contributed by atoms with E-state index in [4.69, 9.17) is 5.11 Å². The fraction of sp³-hybridized carbons (Fsp3) is 0.667. The third kappa shape index (κ3) is 4.31. The average molecular weight is 293 g/mol. The summed E-state index contributed by atoms with van der Waals surface area (Å²) in [5, 5.41) is 18.7. The maximum Gasteiger partial charge on any atom is 0.303 e. The van der Waals surface area contributed by atoms with Crippen LogP contribution in [0.3, 0.4) is 0 Å². The minimum Gasteiger partial charge on any atom is -0.481 e. The van der Waals surface area contributed by atoms with Crippen LogP contribution in [0, 0.1) is 12.3 Å². The average Bonchev–Trinajstić information content (AvgIpc) is 2.82. The molecule has 1 aliphatic carbocycles. The van der Waals surface area contributed by atoms with E-state index in [1.807, 2.05) is 6.92 Å². The molecule has 0 spiro atoms. The van der Waals surface area contributed by atoms with Crippen LogP contribution in [0.4, 0.5) is 0 Å². The number of amides is 1. The quantitative estimate of drug-likeness (QED) is 0.749. The fourth-order valence-corrected chi connectivity index (χ4v) is 3.19. The third-order valence-electron chi connectivity index (χ3n) is 4.39. The van der Waals surface area contributed by atoms with Gasteiger partial charge < -0.3 is 10.4 Å². The highest BCUT2D eigenvalue weighted by Crippen LogP contribution is 2.42. The van der Waals surface area contributed by atoms with Crippen molar-refractivity contribution in [3.8, 4) is 0 Å². The van der Waals surface area contributed by atoms with Gasteiger partial charge in [0, 0.05) is 24.2 Å². The molecule has 6 heteroatoms. The van der Waals surface area contributed by atoms with Crippen molar-refractivity contribution in [2.24, 2.45) is 5.41 Å². The normalized spacial score (nSPS) is 17.4. The highest BCUT2D eigenvalue weighted by Gasteiger charge is 2.36. The van der Waals surface area contributed by atoms with Gasteiger partial charge in [-0.05, 0) is 25.2 Å². The molecule has 0 saturated heterocycles. The summed E-state index contributed by atoms with van der Waals surface area (Å²) in [7, 11) is 0. The second-order valence-corrected chi connectivity index (χ2v) is 6.10. The molecule has 1 fully saturated rings. The highest BCUT2D eigenvalue weighted by atomic mass is 16.4. The van der Waals surface area contributed by atoms with E-state index in [-0.39, 0.29) is 17.7 Å². The molecule has 21 heavy (non-hydrogen) atoms. The molecule has 1 heterocycles. The topological polar surface area (TPSA) is 95.1 Å². The van der Waals surface area contributed by atoms with Crippen molar-refractivity contribution in [3.63, 3.8) is 0 Å². The number of aromatic amines is 1. The van der Waals surface area contributed by atoms with Crippen LogP contribution in [-0.2, 0) is 16.1 Å². The van der Waals surface area contributed by atoms with E-state index in [0.717, 1.165) is 43.4 Å². The smallest absolute Gasteiger partial charge is 0.303 e. The largest absolute Gasteiger partial charge is 0.481 e. The molecule has 1 saturated carbocycles. The number of aliphatic carboxylic acids is 1. The van der Waals surface area contributed by atoms with Crippen molar-refractivity contribution in [1.82, 2.24) is 15.5 Å². The van der Waals surface area contributed by atoms with E-state index < -0.39 is 5.97 Å². The van der Waals surface area contributed by atoms with Gasteiger partial charge in [-0.25, -0.2) is 0 Å². The summed E-state index contributed by atoms with van der Waals surface area (Å²) in [6, 6.07) is 0. The fourth-order valence-electron chi connectivity index (χ4n) is 3.19. The molecule has 0 atom stereocenters. The number of aryl methyl sites for hydroxylation is 1. The predicted molar refractivity (Wildman–Crippen MR) is 77.6 cm³/mol. The van der Waals surface area contributed by atoms with E-state index in [9.17, 15) is 9.59 Å². The van der Waals surface area contributed by atoms with Crippen LogP contribution >= 0.6 is 0 Å². The van der Waals surface area contributed by atoms with Gasteiger partial charge in [-0.3, -0.25) is 14.7 Å². The van der Waals surface area contributed by atoms with Gasteiger partial charge in [0.2, 0.25) is 5.91 Å². The number of H-pyrrole nitrogens is 1. The Morgan fingerprint density at radius 3 is 2.62 bits per heavy atom. The molecule has 1 aliphatic rings. The van der Waals surface area contributed by atoms with E-state index in [2.05, 4.69) is 15.5 Å². The molecule has 0 bridgehead atoms. The molecule has 0 aromatic carbocycles. The number of hydrogen-bond donors (Lipinski definition) is 3. The molecule has 1 aromatic heterocycles. The van der Waals surface area contributed by atoms with Crippen molar-refractivity contribution >= 4 is 11.9 Å². The van der Waals surface area contributed by atoms with Crippen molar-refractivity contribution in [2.45, 2.75) is 58.4 Å². The van der Waals surface area contributed by atoms with Crippen LogP contribution < -0.4 is 5.32 Å². The van der Waals surface area contributed by atoms with Crippen LogP contribution in [-0.4, -0.2) is 27.2 Å². The summed E-state index contributed by atoms with van der Waals surface area (Å²) in [6.45, 7) is 2.34. The standard InChI is InChI=1S/C15H23N3O3/c1-11-12(10-17-18-11)9-16-13(19)7-15(8-14(20)21)5-3-2-4-6-15/h10H,2-9H2,1H3,(H,16,19)(H,17,18)(H,20,21). The summed E-state index contributed by atoms with van der Waals surface area (Å²) in [5.41, 5.74) is 1.53. The molecule has 0 radical (unpaired) electrons. The van der Waals surface area contributed by atoms with Crippen LogP contribution in [0.5, 0.6) is 0 Å². The van der Waals surface area contributed by atoms with E-state index in [1.54, 1.807) is 6.20 Å². The van der Waals surface area contributed by atoms with Gasteiger partial charge >= 0.3 is 5.97 Å². The van der Waals surface area contributed by atoms with Gasteiger partial charge in [-0.1, -0.05) is 19.3 Å². The second-order valence-electron chi connectivity index (χ2n) is 6.10.